The smallest absolute Gasteiger partial charge is 0.338 e. The Labute approximate surface area is 72.5 Å². The zero-order chi connectivity index (χ0) is 9.42. The molecule has 0 saturated carbocycles. The summed E-state index contributed by atoms with van der Waals surface area (Å²) < 4.78 is 22.9. The van der Waals surface area contributed by atoms with Crippen LogP contribution in [-0.4, -0.2) is 17.9 Å². The number of carboxylic acid groups (broad SMARTS) is 1. The van der Waals surface area contributed by atoms with E-state index in [-0.39, 0.29) is 18.3 Å². The highest BCUT2D eigenvalue weighted by molar-refractivity contribution is 5.89. The van der Waals surface area contributed by atoms with Crippen LogP contribution in [0.4, 0.5) is 4.39 Å². The zero-order valence-electron chi connectivity index (χ0n) is 6.41. The first-order valence-corrected chi connectivity index (χ1v) is 3.51. The van der Waals surface area contributed by atoms with Gasteiger partial charge in [-0.05, 0) is 12.1 Å². The Morgan fingerprint density at radius 3 is 2.92 bits per heavy atom. The van der Waals surface area contributed by atoms with E-state index in [1.165, 1.54) is 6.07 Å². The van der Waals surface area contributed by atoms with Crippen molar-refractivity contribution in [3.63, 3.8) is 0 Å². The summed E-state index contributed by atoms with van der Waals surface area (Å²) in [6.45, 7) is -0.0741. The van der Waals surface area contributed by atoms with Crippen molar-refractivity contribution in [1.82, 2.24) is 0 Å². The van der Waals surface area contributed by atoms with Gasteiger partial charge in [-0.25, -0.2) is 9.18 Å². The number of hydrogen-bond acceptors (Lipinski definition) is 3. The largest absolute Gasteiger partial charge is 0.478 e. The minimum atomic E-state index is -1.32. The van der Waals surface area contributed by atoms with E-state index < -0.39 is 17.3 Å². The molecule has 0 aliphatic carbocycles. The quantitative estimate of drug-likeness (QED) is 0.713. The fourth-order valence-electron chi connectivity index (χ4n) is 1.10. The summed E-state index contributed by atoms with van der Waals surface area (Å²) in [4.78, 5) is 10.5. The van der Waals surface area contributed by atoms with Crippen LogP contribution in [0.15, 0.2) is 12.1 Å². The van der Waals surface area contributed by atoms with Gasteiger partial charge >= 0.3 is 5.97 Å². The first-order valence-electron chi connectivity index (χ1n) is 3.51. The summed E-state index contributed by atoms with van der Waals surface area (Å²) in [5, 5.41) is 8.56. The van der Waals surface area contributed by atoms with Crippen LogP contribution in [0.1, 0.15) is 10.4 Å². The third-order valence-electron chi connectivity index (χ3n) is 1.71. The molecule has 0 fully saturated rings. The predicted molar refractivity (Wildman–Crippen MR) is 39.5 cm³/mol. The molecule has 1 heterocycles. The highest BCUT2D eigenvalue weighted by Gasteiger charge is 2.23. The molecule has 1 aliphatic heterocycles. The molecule has 0 atom stereocenters. The first-order chi connectivity index (χ1) is 6.20. The van der Waals surface area contributed by atoms with Gasteiger partial charge in [-0.1, -0.05) is 0 Å². The van der Waals surface area contributed by atoms with Crippen molar-refractivity contribution in [3.8, 4) is 11.5 Å². The van der Waals surface area contributed by atoms with E-state index in [9.17, 15) is 9.18 Å². The molecule has 0 aromatic heterocycles. The fourth-order valence-corrected chi connectivity index (χ4v) is 1.10. The first kappa shape index (κ1) is 7.85. The molecule has 4 nitrogen and oxygen atoms in total. The molecule has 0 amide bonds. The molecular formula is C8H5FO4. The van der Waals surface area contributed by atoms with Gasteiger partial charge in [-0.3, -0.25) is 0 Å². The summed E-state index contributed by atoms with van der Waals surface area (Å²) in [7, 11) is 0. The third-order valence-corrected chi connectivity index (χ3v) is 1.71. The lowest BCUT2D eigenvalue weighted by Gasteiger charge is -2.00. The molecule has 0 saturated heterocycles. The maximum atomic E-state index is 13.2. The summed E-state index contributed by atoms with van der Waals surface area (Å²) in [6, 6.07) is 2.51. The molecule has 0 bridgehead atoms. The molecule has 0 unspecified atom stereocenters. The van der Waals surface area contributed by atoms with E-state index in [2.05, 4.69) is 0 Å². The molecule has 1 aromatic rings. The second-order valence-electron chi connectivity index (χ2n) is 2.47. The maximum Gasteiger partial charge on any atom is 0.338 e. The number of hydrogen-bond donors (Lipinski definition) is 1. The standard InChI is InChI=1S/C8H5FO4/c9-6-4(8(10)11)1-2-5-7(6)13-3-12-5/h1-2H,3H2,(H,10,11). The minimum absolute atomic E-state index is 0.0741. The third kappa shape index (κ3) is 1.09. The molecule has 1 aromatic carbocycles. The lowest BCUT2D eigenvalue weighted by Crippen LogP contribution is -2.01. The summed E-state index contributed by atoms with van der Waals surface area (Å²) in [5.74, 6) is -2.10. The van der Waals surface area contributed by atoms with Crippen LogP contribution in [0.2, 0.25) is 0 Å². The van der Waals surface area contributed by atoms with Gasteiger partial charge in [0, 0.05) is 0 Å². The van der Waals surface area contributed by atoms with Gasteiger partial charge in [0.15, 0.2) is 11.6 Å². The average molecular weight is 184 g/mol. The Hall–Kier alpha value is -1.78. The SMILES string of the molecule is O=C(O)c1ccc2c(c1F)OCO2. The molecule has 5 heteroatoms. The van der Waals surface area contributed by atoms with E-state index in [1.807, 2.05) is 0 Å². The van der Waals surface area contributed by atoms with E-state index in [1.54, 1.807) is 0 Å². The van der Waals surface area contributed by atoms with Crippen molar-refractivity contribution >= 4 is 5.97 Å². The Balaban J connectivity index is 2.59. The van der Waals surface area contributed by atoms with Crippen molar-refractivity contribution in [3.05, 3.63) is 23.5 Å². The Bertz CT molecular complexity index is 375. The topological polar surface area (TPSA) is 55.8 Å². The van der Waals surface area contributed by atoms with E-state index in [4.69, 9.17) is 14.6 Å². The lowest BCUT2D eigenvalue weighted by atomic mass is 10.2. The van der Waals surface area contributed by atoms with Crippen molar-refractivity contribution in [2.45, 2.75) is 0 Å². The van der Waals surface area contributed by atoms with Gasteiger partial charge in [-0.15, -0.1) is 0 Å². The number of carboxylic acids is 1. The van der Waals surface area contributed by atoms with Crippen LogP contribution < -0.4 is 9.47 Å². The number of rotatable bonds is 1. The number of fused-ring (bicyclic) bond motifs is 1. The molecule has 68 valence electrons. The predicted octanol–water partition coefficient (Wildman–Crippen LogP) is 1.25. The van der Waals surface area contributed by atoms with Crippen molar-refractivity contribution in [1.29, 1.82) is 0 Å². The second-order valence-corrected chi connectivity index (χ2v) is 2.47. The summed E-state index contributed by atoms with van der Waals surface area (Å²) >= 11 is 0. The molecule has 0 spiro atoms. The van der Waals surface area contributed by atoms with Crippen LogP contribution in [-0.2, 0) is 0 Å². The van der Waals surface area contributed by atoms with Gasteiger partial charge < -0.3 is 14.6 Å². The Morgan fingerprint density at radius 1 is 1.46 bits per heavy atom. The van der Waals surface area contributed by atoms with Crippen LogP contribution in [0.3, 0.4) is 0 Å². The maximum absolute atomic E-state index is 13.2. The summed E-state index contributed by atoms with van der Waals surface area (Å²) in [5.41, 5.74) is -0.413. The number of halogens is 1. The van der Waals surface area contributed by atoms with E-state index >= 15 is 0 Å². The number of ether oxygens (including phenoxy) is 2. The summed E-state index contributed by atoms with van der Waals surface area (Å²) in [6.07, 6.45) is 0. The van der Waals surface area contributed by atoms with E-state index in [0.29, 0.717) is 0 Å². The lowest BCUT2D eigenvalue weighted by molar-refractivity contribution is 0.0691. The van der Waals surface area contributed by atoms with Gasteiger partial charge in [0.05, 0.1) is 5.56 Å². The minimum Gasteiger partial charge on any atom is -0.478 e. The van der Waals surface area contributed by atoms with Crippen molar-refractivity contribution in [2.24, 2.45) is 0 Å². The number of carbonyl (C=O) groups is 1. The molecular weight excluding hydrogens is 179 g/mol. The van der Waals surface area contributed by atoms with Crippen LogP contribution in [0.5, 0.6) is 11.5 Å². The van der Waals surface area contributed by atoms with Crippen molar-refractivity contribution in [2.75, 3.05) is 6.79 Å². The highest BCUT2D eigenvalue weighted by Crippen LogP contribution is 2.35. The number of aromatic carboxylic acids is 1. The van der Waals surface area contributed by atoms with Gasteiger partial charge in [0.25, 0.3) is 0 Å². The molecule has 0 radical (unpaired) electrons. The number of benzene rings is 1. The van der Waals surface area contributed by atoms with Gasteiger partial charge in [0.2, 0.25) is 12.5 Å². The average Bonchev–Trinajstić information content (AvgIpc) is 2.52. The molecule has 1 aliphatic rings. The Kier molecular flexibility index (Phi) is 1.58. The highest BCUT2D eigenvalue weighted by atomic mass is 19.1. The van der Waals surface area contributed by atoms with Crippen molar-refractivity contribution < 1.29 is 23.8 Å². The van der Waals surface area contributed by atoms with E-state index in [0.717, 1.165) is 6.07 Å². The molecule has 13 heavy (non-hydrogen) atoms. The molecule has 2 rings (SSSR count). The van der Waals surface area contributed by atoms with Crippen LogP contribution >= 0.6 is 0 Å². The van der Waals surface area contributed by atoms with Crippen LogP contribution in [0, 0.1) is 5.82 Å². The monoisotopic (exact) mass is 184 g/mol. The second kappa shape index (κ2) is 2.62. The van der Waals surface area contributed by atoms with Crippen LogP contribution in [0.25, 0.3) is 0 Å². The normalized spacial score (nSPS) is 13.0. The fraction of sp³-hybridized carbons (Fsp3) is 0.125. The zero-order valence-corrected chi connectivity index (χ0v) is 6.41. The van der Waals surface area contributed by atoms with Gasteiger partial charge in [-0.2, -0.15) is 0 Å². The molecule has 1 N–H and O–H groups in total. The van der Waals surface area contributed by atoms with Gasteiger partial charge in [0.1, 0.15) is 0 Å². The Morgan fingerprint density at radius 2 is 2.23 bits per heavy atom.